The number of nitrogens with zero attached hydrogens (tertiary/aromatic N) is 2. The molecule has 8 heteroatoms. The van der Waals surface area contributed by atoms with Gasteiger partial charge in [-0.15, -0.1) is 0 Å². The van der Waals surface area contributed by atoms with Crippen LogP contribution in [0.5, 0.6) is 0 Å². The van der Waals surface area contributed by atoms with Crippen LogP contribution in [0.2, 0.25) is 5.15 Å². The number of aromatic amines is 1. The number of pyridine rings is 1. The van der Waals surface area contributed by atoms with Crippen LogP contribution in [0, 0.1) is 0 Å². The molecule has 0 saturated heterocycles. The van der Waals surface area contributed by atoms with Crippen LogP contribution in [0.1, 0.15) is 0 Å². The third-order valence-electron chi connectivity index (χ3n) is 2.92. The van der Waals surface area contributed by atoms with E-state index in [1.54, 1.807) is 36.7 Å². The normalized spacial score (nSPS) is 11.3. The van der Waals surface area contributed by atoms with E-state index >= 15 is 0 Å². The number of aromatic nitrogens is 3. The van der Waals surface area contributed by atoms with Crippen molar-refractivity contribution in [1.29, 1.82) is 0 Å². The first kappa shape index (κ1) is 14.6. The minimum Gasteiger partial charge on any atom is -0.345 e. The maximum absolute atomic E-state index is 12.2. The Morgan fingerprint density at radius 3 is 2.41 bits per heavy atom. The second kappa shape index (κ2) is 5.78. The second-order valence-corrected chi connectivity index (χ2v) is 6.51. The van der Waals surface area contributed by atoms with Crippen LogP contribution in [0.15, 0.2) is 59.9 Å². The fourth-order valence-corrected chi connectivity index (χ4v) is 2.97. The molecule has 2 heterocycles. The first-order chi connectivity index (χ1) is 10.5. The highest BCUT2D eigenvalue weighted by atomic mass is 35.5. The molecule has 0 saturated carbocycles. The highest BCUT2D eigenvalue weighted by Gasteiger charge is 2.14. The van der Waals surface area contributed by atoms with Gasteiger partial charge >= 0.3 is 0 Å². The quantitative estimate of drug-likeness (QED) is 0.718. The Labute approximate surface area is 132 Å². The lowest BCUT2D eigenvalue weighted by Gasteiger charge is -2.08. The molecule has 2 aromatic heterocycles. The largest absolute Gasteiger partial charge is 0.345 e. The first-order valence-corrected chi connectivity index (χ1v) is 8.15. The fraction of sp³-hybridized carbons (Fsp3) is 0. The van der Waals surface area contributed by atoms with E-state index in [0.29, 0.717) is 5.69 Å². The zero-order valence-corrected chi connectivity index (χ0v) is 12.8. The Balaban J connectivity index is 1.82. The third kappa shape index (κ3) is 3.10. The van der Waals surface area contributed by atoms with E-state index in [1.165, 1.54) is 18.3 Å². The van der Waals surface area contributed by atoms with E-state index in [-0.39, 0.29) is 10.0 Å². The molecule has 0 aliphatic rings. The van der Waals surface area contributed by atoms with Crippen LogP contribution in [-0.4, -0.2) is 23.4 Å². The molecule has 3 rings (SSSR count). The van der Waals surface area contributed by atoms with Crippen molar-refractivity contribution in [1.82, 2.24) is 15.0 Å². The molecule has 0 bridgehead atoms. The average Bonchev–Trinajstić information content (AvgIpc) is 3.02. The zero-order chi connectivity index (χ0) is 15.6. The molecule has 3 aromatic rings. The lowest BCUT2D eigenvalue weighted by atomic mass is 10.2. The van der Waals surface area contributed by atoms with Gasteiger partial charge in [0.15, 0.2) is 0 Å². The van der Waals surface area contributed by atoms with Gasteiger partial charge < -0.3 is 4.98 Å². The van der Waals surface area contributed by atoms with Gasteiger partial charge in [-0.05, 0) is 36.4 Å². The molecule has 0 unspecified atom stereocenters. The molecule has 0 aliphatic carbocycles. The molecule has 2 N–H and O–H groups in total. The van der Waals surface area contributed by atoms with Crippen LogP contribution >= 0.6 is 11.6 Å². The van der Waals surface area contributed by atoms with Gasteiger partial charge in [0.05, 0.1) is 0 Å². The molecule has 0 fully saturated rings. The molecule has 0 spiro atoms. The van der Waals surface area contributed by atoms with Gasteiger partial charge in [0.25, 0.3) is 10.0 Å². The Bertz CT molecular complexity index is 860. The fourth-order valence-electron chi connectivity index (χ4n) is 1.85. The summed E-state index contributed by atoms with van der Waals surface area (Å²) in [6, 6.07) is 9.70. The van der Waals surface area contributed by atoms with E-state index in [1.807, 2.05) is 0 Å². The van der Waals surface area contributed by atoms with Crippen LogP contribution in [0.3, 0.4) is 0 Å². The monoisotopic (exact) mass is 334 g/mol. The number of anilines is 1. The summed E-state index contributed by atoms with van der Waals surface area (Å²) < 4.78 is 26.9. The Kier molecular flexibility index (Phi) is 3.82. The molecule has 0 amide bonds. The number of hydrogen-bond acceptors (Lipinski definition) is 4. The summed E-state index contributed by atoms with van der Waals surface area (Å²) in [4.78, 5) is 10.9. The number of imidazole rings is 1. The first-order valence-electron chi connectivity index (χ1n) is 6.29. The van der Waals surface area contributed by atoms with Gasteiger partial charge in [0, 0.05) is 29.8 Å². The number of rotatable bonds is 4. The maximum atomic E-state index is 12.2. The lowest BCUT2D eigenvalue weighted by molar-refractivity contribution is 0.601. The van der Waals surface area contributed by atoms with Crippen molar-refractivity contribution >= 4 is 27.3 Å². The minimum absolute atomic E-state index is 0.0482. The predicted octanol–water partition coefficient (Wildman–Crippen LogP) is 2.93. The van der Waals surface area contributed by atoms with Crippen LogP contribution in [-0.2, 0) is 10.0 Å². The summed E-state index contributed by atoms with van der Waals surface area (Å²) in [6.07, 6.45) is 4.58. The highest BCUT2D eigenvalue weighted by Crippen LogP contribution is 2.20. The van der Waals surface area contributed by atoms with Gasteiger partial charge in [-0.25, -0.2) is 18.4 Å². The SMILES string of the molecule is O=S(=O)(Nc1ccc(-c2ncc[nH]2)cc1)c1ccc(Cl)nc1. The molecule has 6 nitrogen and oxygen atoms in total. The van der Waals surface area contributed by atoms with E-state index in [9.17, 15) is 8.42 Å². The molecule has 112 valence electrons. The smallest absolute Gasteiger partial charge is 0.263 e. The van der Waals surface area contributed by atoms with Crippen molar-refractivity contribution < 1.29 is 8.42 Å². The molecule has 22 heavy (non-hydrogen) atoms. The number of sulfonamides is 1. The number of benzene rings is 1. The van der Waals surface area contributed by atoms with Gasteiger partial charge in [0.1, 0.15) is 15.9 Å². The van der Waals surface area contributed by atoms with E-state index in [4.69, 9.17) is 11.6 Å². The number of nitrogens with one attached hydrogen (secondary N) is 2. The maximum Gasteiger partial charge on any atom is 0.263 e. The molecule has 1 aromatic carbocycles. The molecule has 0 atom stereocenters. The molecular weight excluding hydrogens is 324 g/mol. The second-order valence-electron chi connectivity index (χ2n) is 4.44. The van der Waals surface area contributed by atoms with Crippen LogP contribution in [0.4, 0.5) is 5.69 Å². The van der Waals surface area contributed by atoms with Crippen molar-refractivity contribution in [3.63, 3.8) is 0 Å². The number of halogens is 1. The van der Waals surface area contributed by atoms with E-state index in [0.717, 1.165) is 11.4 Å². The summed E-state index contributed by atoms with van der Waals surface area (Å²) in [7, 11) is -3.69. The highest BCUT2D eigenvalue weighted by molar-refractivity contribution is 7.92. The Hall–Kier alpha value is -2.38. The van der Waals surface area contributed by atoms with Gasteiger partial charge in [-0.1, -0.05) is 11.6 Å². The van der Waals surface area contributed by atoms with Gasteiger partial charge in [0.2, 0.25) is 0 Å². The number of hydrogen-bond donors (Lipinski definition) is 2. The number of H-pyrrole nitrogens is 1. The minimum atomic E-state index is -3.69. The average molecular weight is 335 g/mol. The topological polar surface area (TPSA) is 87.7 Å². The van der Waals surface area contributed by atoms with E-state index in [2.05, 4.69) is 19.7 Å². The van der Waals surface area contributed by atoms with Crippen molar-refractivity contribution in [2.75, 3.05) is 4.72 Å². The lowest BCUT2D eigenvalue weighted by Crippen LogP contribution is -2.13. The van der Waals surface area contributed by atoms with E-state index < -0.39 is 10.0 Å². The van der Waals surface area contributed by atoms with Crippen LogP contribution < -0.4 is 4.72 Å². The van der Waals surface area contributed by atoms with Crippen molar-refractivity contribution in [2.45, 2.75) is 4.90 Å². The Morgan fingerprint density at radius 1 is 1.05 bits per heavy atom. The third-order valence-corrected chi connectivity index (χ3v) is 4.51. The standard InChI is InChI=1S/C14H11ClN4O2S/c15-13-6-5-12(9-18-13)22(20,21)19-11-3-1-10(2-4-11)14-16-7-8-17-14/h1-9,19H,(H,16,17). The van der Waals surface area contributed by atoms with Crippen molar-refractivity contribution in [3.8, 4) is 11.4 Å². The summed E-state index contributed by atoms with van der Waals surface area (Å²) in [6.45, 7) is 0. The summed E-state index contributed by atoms with van der Waals surface area (Å²) in [5.41, 5.74) is 1.31. The van der Waals surface area contributed by atoms with Gasteiger partial charge in [-0.2, -0.15) is 0 Å². The van der Waals surface area contributed by atoms with Crippen molar-refractivity contribution in [2.24, 2.45) is 0 Å². The van der Waals surface area contributed by atoms with Crippen molar-refractivity contribution in [3.05, 3.63) is 60.1 Å². The molecule has 0 radical (unpaired) electrons. The summed E-state index contributed by atoms with van der Waals surface area (Å²) in [5.74, 6) is 0.719. The summed E-state index contributed by atoms with van der Waals surface area (Å²) >= 11 is 5.65. The summed E-state index contributed by atoms with van der Waals surface area (Å²) in [5, 5.41) is 0.238. The Morgan fingerprint density at radius 2 is 1.82 bits per heavy atom. The molecular formula is C14H11ClN4O2S. The van der Waals surface area contributed by atoms with Crippen LogP contribution in [0.25, 0.3) is 11.4 Å². The molecule has 0 aliphatic heterocycles. The predicted molar refractivity (Wildman–Crippen MR) is 84.1 cm³/mol. The zero-order valence-electron chi connectivity index (χ0n) is 11.2. The van der Waals surface area contributed by atoms with Gasteiger partial charge in [-0.3, -0.25) is 4.72 Å².